The van der Waals surface area contributed by atoms with E-state index in [0.29, 0.717) is 23.5 Å². The largest absolute Gasteiger partial charge is 0.494 e. The van der Waals surface area contributed by atoms with E-state index in [0.717, 1.165) is 12.8 Å². The molecule has 5 nitrogen and oxygen atoms in total. The smallest absolute Gasteiger partial charge is 0.336 e. The van der Waals surface area contributed by atoms with Crippen molar-refractivity contribution in [3.63, 3.8) is 0 Å². The average Bonchev–Trinajstić information content (AvgIpc) is 2.70. The summed E-state index contributed by atoms with van der Waals surface area (Å²) in [6, 6.07) is 11.2. The van der Waals surface area contributed by atoms with Crippen LogP contribution >= 0.6 is 0 Å². The van der Waals surface area contributed by atoms with E-state index in [2.05, 4.69) is 6.92 Å². The predicted molar refractivity (Wildman–Crippen MR) is 109 cm³/mol. The first-order valence-electron chi connectivity index (χ1n) is 9.86. The summed E-state index contributed by atoms with van der Waals surface area (Å²) in [5, 5.41) is 18.5. The summed E-state index contributed by atoms with van der Waals surface area (Å²) in [5.41, 5.74) is 1.49. The fourth-order valence-electron chi connectivity index (χ4n) is 3.08. The molecule has 0 aromatic heterocycles. The van der Waals surface area contributed by atoms with Crippen LogP contribution < -0.4 is 4.74 Å². The molecular formula is C23H28O5. The fourth-order valence-corrected chi connectivity index (χ4v) is 3.08. The minimum absolute atomic E-state index is 0.139. The Morgan fingerprint density at radius 1 is 0.821 bits per heavy atom. The van der Waals surface area contributed by atoms with E-state index in [4.69, 9.17) is 9.84 Å². The van der Waals surface area contributed by atoms with Crippen LogP contribution in [0.5, 0.6) is 5.75 Å². The Morgan fingerprint density at radius 3 is 2.07 bits per heavy atom. The van der Waals surface area contributed by atoms with Crippen molar-refractivity contribution in [1.82, 2.24) is 0 Å². The van der Waals surface area contributed by atoms with Crippen LogP contribution in [0.4, 0.5) is 0 Å². The molecule has 2 N–H and O–H groups in total. The van der Waals surface area contributed by atoms with Crippen LogP contribution in [0.1, 0.15) is 72.6 Å². The third-order valence-corrected chi connectivity index (χ3v) is 4.68. The van der Waals surface area contributed by atoms with Gasteiger partial charge in [0.25, 0.3) is 0 Å². The SMILES string of the molecule is CCCCCCCCCOc1ccc(-c2ccc(C(=O)O)cc2)c(C(=O)O)c1. The summed E-state index contributed by atoms with van der Waals surface area (Å²) < 4.78 is 5.72. The van der Waals surface area contributed by atoms with Gasteiger partial charge in [-0.2, -0.15) is 0 Å². The van der Waals surface area contributed by atoms with Gasteiger partial charge in [0.2, 0.25) is 0 Å². The van der Waals surface area contributed by atoms with Crippen molar-refractivity contribution in [1.29, 1.82) is 0 Å². The molecule has 0 amide bonds. The molecule has 28 heavy (non-hydrogen) atoms. The highest BCUT2D eigenvalue weighted by atomic mass is 16.5. The molecule has 0 atom stereocenters. The molecule has 0 heterocycles. The Labute approximate surface area is 166 Å². The first-order chi connectivity index (χ1) is 13.5. The molecule has 0 aliphatic rings. The first kappa shape index (κ1) is 21.5. The van der Waals surface area contributed by atoms with Crippen molar-refractivity contribution in [2.45, 2.75) is 51.9 Å². The van der Waals surface area contributed by atoms with Gasteiger partial charge in [-0.1, -0.05) is 57.6 Å². The lowest BCUT2D eigenvalue weighted by molar-refractivity contribution is 0.0686. The maximum atomic E-state index is 11.7. The quantitative estimate of drug-likeness (QED) is 0.446. The van der Waals surface area contributed by atoms with Crippen molar-refractivity contribution in [2.24, 2.45) is 0 Å². The standard InChI is InChI=1S/C23H28O5/c1-2-3-4-5-6-7-8-15-28-19-13-14-20(21(16-19)23(26)27)17-9-11-18(12-10-17)22(24)25/h9-14,16H,2-8,15H2,1H3,(H,24,25)(H,26,27). The molecule has 2 rings (SSSR count). The number of hydrogen-bond donors (Lipinski definition) is 2. The van der Waals surface area contributed by atoms with Crippen molar-refractivity contribution in [2.75, 3.05) is 6.61 Å². The van der Waals surface area contributed by atoms with Gasteiger partial charge < -0.3 is 14.9 Å². The molecule has 0 unspecified atom stereocenters. The monoisotopic (exact) mass is 384 g/mol. The lowest BCUT2D eigenvalue weighted by Crippen LogP contribution is -2.03. The second-order valence-electron chi connectivity index (χ2n) is 6.86. The average molecular weight is 384 g/mol. The van der Waals surface area contributed by atoms with Gasteiger partial charge in [0, 0.05) is 0 Å². The first-order valence-corrected chi connectivity index (χ1v) is 9.86. The second-order valence-corrected chi connectivity index (χ2v) is 6.86. The maximum absolute atomic E-state index is 11.7. The minimum atomic E-state index is -1.04. The molecule has 5 heteroatoms. The summed E-state index contributed by atoms with van der Waals surface area (Å²) in [4.78, 5) is 22.6. The Balaban J connectivity index is 1.97. The molecular weight excluding hydrogens is 356 g/mol. The Hall–Kier alpha value is -2.82. The molecule has 0 aliphatic carbocycles. The van der Waals surface area contributed by atoms with E-state index in [9.17, 15) is 14.7 Å². The Morgan fingerprint density at radius 2 is 1.46 bits per heavy atom. The number of carboxylic acid groups (broad SMARTS) is 2. The van der Waals surface area contributed by atoms with E-state index in [1.165, 1.54) is 50.3 Å². The number of rotatable bonds is 12. The van der Waals surface area contributed by atoms with E-state index >= 15 is 0 Å². The number of unbranched alkanes of at least 4 members (excludes halogenated alkanes) is 6. The van der Waals surface area contributed by atoms with E-state index in [1.54, 1.807) is 24.3 Å². The van der Waals surface area contributed by atoms with Crippen molar-refractivity contribution < 1.29 is 24.5 Å². The van der Waals surface area contributed by atoms with Crippen molar-refractivity contribution >= 4 is 11.9 Å². The topological polar surface area (TPSA) is 83.8 Å². The lowest BCUT2D eigenvalue weighted by atomic mass is 9.98. The highest BCUT2D eigenvalue weighted by molar-refractivity contribution is 5.97. The predicted octanol–water partition coefficient (Wildman–Crippen LogP) is 5.88. The van der Waals surface area contributed by atoms with Gasteiger partial charge in [-0.25, -0.2) is 9.59 Å². The molecule has 0 saturated heterocycles. The fraction of sp³-hybridized carbons (Fsp3) is 0.391. The summed E-state index contributed by atoms with van der Waals surface area (Å²) in [6.07, 6.45) is 8.35. The second kappa shape index (κ2) is 11.1. The third kappa shape index (κ3) is 6.41. The van der Waals surface area contributed by atoms with E-state index in [1.807, 2.05) is 0 Å². The normalized spacial score (nSPS) is 10.6. The van der Waals surface area contributed by atoms with Gasteiger partial charge in [-0.05, 0) is 47.9 Å². The van der Waals surface area contributed by atoms with E-state index in [-0.39, 0.29) is 11.1 Å². The summed E-state index contributed by atoms with van der Waals surface area (Å²) >= 11 is 0. The van der Waals surface area contributed by atoms with Gasteiger partial charge in [-0.15, -0.1) is 0 Å². The number of aromatic carboxylic acids is 2. The molecule has 150 valence electrons. The van der Waals surface area contributed by atoms with E-state index < -0.39 is 11.9 Å². The molecule has 0 saturated carbocycles. The lowest BCUT2D eigenvalue weighted by Gasteiger charge is -2.11. The highest BCUT2D eigenvalue weighted by Gasteiger charge is 2.14. The van der Waals surface area contributed by atoms with Crippen LogP contribution in [0.15, 0.2) is 42.5 Å². The van der Waals surface area contributed by atoms with Crippen LogP contribution in [-0.2, 0) is 0 Å². The number of carbonyl (C=O) groups is 2. The van der Waals surface area contributed by atoms with Gasteiger partial charge in [0.15, 0.2) is 0 Å². The van der Waals surface area contributed by atoms with Gasteiger partial charge >= 0.3 is 11.9 Å². The third-order valence-electron chi connectivity index (χ3n) is 4.68. The van der Waals surface area contributed by atoms with Crippen LogP contribution in [-0.4, -0.2) is 28.8 Å². The van der Waals surface area contributed by atoms with Crippen LogP contribution in [0.2, 0.25) is 0 Å². The zero-order valence-electron chi connectivity index (χ0n) is 16.3. The van der Waals surface area contributed by atoms with Gasteiger partial charge in [0.1, 0.15) is 5.75 Å². The molecule has 0 aliphatic heterocycles. The Bertz CT molecular complexity index is 780. The zero-order valence-corrected chi connectivity index (χ0v) is 16.3. The highest BCUT2D eigenvalue weighted by Crippen LogP contribution is 2.28. The van der Waals surface area contributed by atoms with Gasteiger partial charge in [0.05, 0.1) is 17.7 Å². The number of carboxylic acids is 2. The number of ether oxygens (including phenoxy) is 1. The molecule has 2 aromatic rings. The summed E-state index contributed by atoms with van der Waals surface area (Å²) in [7, 11) is 0. The molecule has 0 spiro atoms. The van der Waals surface area contributed by atoms with Gasteiger partial charge in [-0.3, -0.25) is 0 Å². The van der Waals surface area contributed by atoms with Crippen LogP contribution in [0.3, 0.4) is 0 Å². The number of benzene rings is 2. The van der Waals surface area contributed by atoms with Crippen molar-refractivity contribution in [3.05, 3.63) is 53.6 Å². The van der Waals surface area contributed by atoms with Crippen LogP contribution in [0, 0.1) is 0 Å². The maximum Gasteiger partial charge on any atom is 0.336 e. The minimum Gasteiger partial charge on any atom is -0.494 e. The number of hydrogen-bond acceptors (Lipinski definition) is 3. The zero-order chi connectivity index (χ0) is 20.4. The summed E-state index contributed by atoms with van der Waals surface area (Å²) in [6.45, 7) is 2.77. The van der Waals surface area contributed by atoms with Crippen molar-refractivity contribution in [3.8, 4) is 16.9 Å². The summed E-state index contributed by atoms with van der Waals surface area (Å²) in [5.74, 6) is -1.52. The molecule has 2 aromatic carbocycles. The molecule has 0 radical (unpaired) electrons. The molecule has 0 fully saturated rings. The van der Waals surface area contributed by atoms with Crippen LogP contribution in [0.25, 0.3) is 11.1 Å². The molecule has 0 bridgehead atoms. The Kier molecular flexibility index (Phi) is 8.53.